The first-order valence-corrected chi connectivity index (χ1v) is 8.22. The second kappa shape index (κ2) is 6.37. The standard InChI is InChI=1S/C18H27NO2/c1-12(17-9-13-6-7-14(17)8-13)19-11-18(20)15-4-3-5-16(10-15)21-2/h3-5,10,12-14,17-20H,6-9,11H2,1-2H3. The molecule has 5 atom stereocenters. The summed E-state index contributed by atoms with van der Waals surface area (Å²) in [7, 11) is 1.65. The van der Waals surface area contributed by atoms with Crippen LogP contribution in [-0.2, 0) is 0 Å². The lowest BCUT2D eigenvalue weighted by atomic mass is 9.84. The topological polar surface area (TPSA) is 41.5 Å². The molecular weight excluding hydrogens is 262 g/mol. The molecule has 0 aromatic heterocycles. The maximum absolute atomic E-state index is 10.3. The second-order valence-electron chi connectivity index (χ2n) is 6.83. The summed E-state index contributed by atoms with van der Waals surface area (Å²) in [5, 5.41) is 13.9. The average molecular weight is 289 g/mol. The highest BCUT2D eigenvalue weighted by Gasteiger charge is 2.41. The largest absolute Gasteiger partial charge is 0.497 e. The van der Waals surface area contributed by atoms with E-state index < -0.39 is 6.10 Å². The van der Waals surface area contributed by atoms with Crippen LogP contribution >= 0.6 is 0 Å². The Bertz CT molecular complexity index is 476. The van der Waals surface area contributed by atoms with Crippen LogP contribution in [0.5, 0.6) is 5.75 Å². The van der Waals surface area contributed by atoms with Crippen molar-refractivity contribution in [2.24, 2.45) is 17.8 Å². The van der Waals surface area contributed by atoms with E-state index in [1.165, 1.54) is 25.7 Å². The summed E-state index contributed by atoms with van der Waals surface area (Å²) in [6.45, 7) is 2.89. The summed E-state index contributed by atoms with van der Waals surface area (Å²) >= 11 is 0. The Morgan fingerprint density at radius 3 is 2.86 bits per heavy atom. The van der Waals surface area contributed by atoms with Gasteiger partial charge in [0.05, 0.1) is 13.2 Å². The third kappa shape index (κ3) is 3.24. The molecule has 0 spiro atoms. The number of fused-ring (bicyclic) bond motifs is 2. The fraction of sp³-hybridized carbons (Fsp3) is 0.667. The summed E-state index contributed by atoms with van der Waals surface area (Å²) in [6.07, 6.45) is 5.21. The van der Waals surface area contributed by atoms with Gasteiger partial charge in [-0.1, -0.05) is 18.6 Å². The van der Waals surface area contributed by atoms with E-state index in [1.807, 2.05) is 24.3 Å². The molecule has 0 saturated heterocycles. The third-order valence-electron chi connectivity index (χ3n) is 5.55. The summed E-state index contributed by atoms with van der Waals surface area (Å²) in [5.41, 5.74) is 0.919. The van der Waals surface area contributed by atoms with Gasteiger partial charge < -0.3 is 15.2 Å². The molecule has 2 aliphatic carbocycles. The predicted octanol–water partition coefficient (Wildman–Crippen LogP) is 3.14. The fourth-order valence-corrected chi connectivity index (χ4v) is 4.32. The predicted molar refractivity (Wildman–Crippen MR) is 84.4 cm³/mol. The van der Waals surface area contributed by atoms with Gasteiger partial charge in [-0.05, 0) is 61.6 Å². The molecule has 0 heterocycles. The van der Waals surface area contributed by atoms with Crippen molar-refractivity contribution in [3.63, 3.8) is 0 Å². The zero-order valence-corrected chi connectivity index (χ0v) is 13.1. The highest BCUT2D eigenvalue weighted by molar-refractivity contribution is 5.29. The lowest BCUT2D eigenvalue weighted by Crippen LogP contribution is -2.38. The molecular formula is C18H27NO2. The molecule has 3 rings (SSSR count). The van der Waals surface area contributed by atoms with Gasteiger partial charge >= 0.3 is 0 Å². The quantitative estimate of drug-likeness (QED) is 0.845. The Morgan fingerprint density at radius 1 is 1.33 bits per heavy atom. The smallest absolute Gasteiger partial charge is 0.119 e. The summed E-state index contributed by atoms with van der Waals surface area (Å²) < 4.78 is 5.21. The van der Waals surface area contributed by atoms with Gasteiger partial charge in [-0.2, -0.15) is 0 Å². The minimum atomic E-state index is -0.471. The van der Waals surface area contributed by atoms with E-state index in [1.54, 1.807) is 7.11 Å². The minimum absolute atomic E-state index is 0.471. The Hall–Kier alpha value is -1.06. The molecule has 2 bridgehead atoms. The first-order chi connectivity index (χ1) is 10.2. The van der Waals surface area contributed by atoms with Crippen LogP contribution in [0.2, 0.25) is 0 Å². The number of hydrogen-bond acceptors (Lipinski definition) is 3. The van der Waals surface area contributed by atoms with Crippen molar-refractivity contribution in [2.75, 3.05) is 13.7 Å². The molecule has 3 heteroatoms. The highest BCUT2D eigenvalue weighted by atomic mass is 16.5. The molecule has 21 heavy (non-hydrogen) atoms. The first kappa shape index (κ1) is 14.9. The van der Waals surface area contributed by atoms with E-state index in [-0.39, 0.29) is 0 Å². The molecule has 2 saturated carbocycles. The SMILES string of the molecule is COc1cccc(C(O)CNC(C)C2CC3CCC2C3)c1. The van der Waals surface area contributed by atoms with Crippen molar-refractivity contribution >= 4 is 0 Å². The lowest BCUT2D eigenvalue weighted by molar-refractivity contribution is 0.158. The molecule has 2 N–H and O–H groups in total. The lowest BCUT2D eigenvalue weighted by Gasteiger charge is -2.29. The van der Waals surface area contributed by atoms with Crippen molar-refractivity contribution in [1.82, 2.24) is 5.32 Å². The van der Waals surface area contributed by atoms with E-state index in [2.05, 4.69) is 12.2 Å². The molecule has 0 radical (unpaired) electrons. The van der Waals surface area contributed by atoms with E-state index in [0.29, 0.717) is 12.6 Å². The van der Waals surface area contributed by atoms with Crippen LogP contribution in [0.25, 0.3) is 0 Å². The minimum Gasteiger partial charge on any atom is -0.497 e. The number of ether oxygens (including phenoxy) is 1. The molecule has 2 fully saturated rings. The highest BCUT2D eigenvalue weighted by Crippen LogP contribution is 2.49. The van der Waals surface area contributed by atoms with Gasteiger partial charge in [0.1, 0.15) is 5.75 Å². The van der Waals surface area contributed by atoms with Gasteiger partial charge in [-0.3, -0.25) is 0 Å². The van der Waals surface area contributed by atoms with Crippen LogP contribution in [0.3, 0.4) is 0 Å². The number of benzene rings is 1. The van der Waals surface area contributed by atoms with Gasteiger partial charge in [0.25, 0.3) is 0 Å². The third-order valence-corrected chi connectivity index (χ3v) is 5.55. The number of aliphatic hydroxyl groups excluding tert-OH is 1. The first-order valence-electron chi connectivity index (χ1n) is 8.22. The van der Waals surface area contributed by atoms with E-state index in [4.69, 9.17) is 4.74 Å². The molecule has 0 aliphatic heterocycles. The number of methoxy groups -OCH3 is 1. The maximum atomic E-state index is 10.3. The molecule has 5 unspecified atom stereocenters. The van der Waals surface area contributed by atoms with Crippen LogP contribution in [0, 0.1) is 17.8 Å². The van der Waals surface area contributed by atoms with Gasteiger partial charge in [0.2, 0.25) is 0 Å². The van der Waals surface area contributed by atoms with Crippen LogP contribution < -0.4 is 10.1 Å². The normalized spacial score (nSPS) is 30.3. The fourth-order valence-electron chi connectivity index (χ4n) is 4.32. The monoisotopic (exact) mass is 289 g/mol. The molecule has 2 aliphatic rings. The average Bonchev–Trinajstić information content (AvgIpc) is 3.15. The Labute approximate surface area is 127 Å². The summed E-state index contributed by atoms with van der Waals surface area (Å²) in [5.74, 6) is 3.51. The van der Waals surface area contributed by atoms with Crippen molar-refractivity contribution in [2.45, 2.75) is 44.8 Å². The van der Waals surface area contributed by atoms with Gasteiger partial charge in [0.15, 0.2) is 0 Å². The van der Waals surface area contributed by atoms with Gasteiger partial charge in [-0.15, -0.1) is 0 Å². The van der Waals surface area contributed by atoms with Gasteiger partial charge in [0, 0.05) is 12.6 Å². The van der Waals surface area contributed by atoms with Crippen molar-refractivity contribution in [3.05, 3.63) is 29.8 Å². The zero-order valence-electron chi connectivity index (χ0n) is 13.1. The Kier molecular flexibility index (Phi) is 4.51. The maximum Gasteiger partial charge on any atom is 0.119 e. The zero-order chi connectivity index (χ0) is 14.8. The van der Waals surface area contributed by atoms with Crippen molar-refractivity contribution in [1.29, 1.82) is 0 Å². The van der Waals surface area contributed by atoms with Gasteiger partial charge in [-0.25, -0.2) is 0 Å². The molecule has 0 amide bonds. The van der Waals surface area contributed by atoms with E-state index in [0.717, 1.165) is 29.1 Å². The number of nitrogens with one attached hydrogen (secondary N) is 1. The van der Waals surface area contributed by atoms with Crippen molar-refractivity contribution < 1.29 is 9.84 Å². The van der Waals surface area contributed by atoms with Crippen LogP contribution in [-0.4, -0.2) is 24.8 Å². The number of rotatable bonds is 6. The summed E-state index contributed by atoms with van der Waals surface area (Å²) in [4.78, 5) is 0. The number of aliphatic hydroxyl groups is 1. The van der Waals surface area contributed by atoms with E-state index >= 15 is 0 Å². The Balaban J connectivity index is 1.52. The molecule has 116 valence electrons. The molecule has 1 aromatic rings. The summed E-state index contributed by atoms with van der Waals surface area (Å²) in [6, 6.07) is 8.20. The van der Waals surface area contributed by atoms with Crippen molar-refractivity contribution in [3.8, 4) is 5.75 Å². The Morgan fingerprint density at radius 2 is 2.19 bits per heavy atom. The molecule has 3 nitrogen and oxygen atoms in total. The van der Waals surface area contributed by atoms with E-state index in [9.17, 15) is 5.11 Å². The van der Waals surface area contributed by atoms with Crippen LogP contribution in [0.4, 0.5) is 0 Å². The number of hydrogen-bond donors (Lipinski definition) is 2. The van der Waals surface area contributed by atoms with Crippen LogP contribution in [0.1, 0.15) is 44.3 Å². The van der Waals surface area contributed by atoms with Crippen LogP contribution in [0.15, 0.2) is 24.3 Å². The molecule has 1 aromatic carbocycles. The second-order valence-corrected chi connectivity index (χ2v) is 6.83.